The van der Waals surface area contributed by atoms with E-state index >= 15 is 0 Å². The van der Waals surface area contributed by atoms with Crippen molar-refractivity contribution in [3.63, 3.8) is 0 Å². The highest BCUT2D eigenvalue weighted by molar-refractivity contribution is 6.31. The Morgan fingerprint density at radius 2 is 1.66 bits per heavy atom. The summed E-state index contributed by atoms with van der Waals surface area (Å²) >= 11 is 6.17. The molecule has 0 bridgehead atoms. The summed E-state index contributed by atoms with van der Waals surface area (Å²) in [6.07, 6.45) is 4.81. The number of para-hydroxylation sites is 1. The second kappa shape index (κ2) is 10.9. The molecule has 1 aliphatic rings. The van der Waals surface area contributed by atoms with E-state index in [2.05, 4.69) is 5.32 Å². The number of nitrogens with one attached hydrogen (secondary N) is 1. The first kappa shape index (κ1) is 21.2. The second-order valence-corrected chi connectivity index (χ2v) is 7.58. The quantitative estimate of drug-likeness (QED) is 0.728. The molecule has 0 unspecified atom stereocenters. The van der Waals surface area contributed by atoms with Crippen LogP contribution in [0, 0.1) is 0 Å². The van der Waals surface area contributed by atoms with Gasteiger partial charge in [-0.3, -0.25) is 9.59 Å². The van der Waals surface area contributed by atoms with E-state index < -0.39 is 0 Å². The number of amides is 2. The molecule has 154 valence electrons. The fraction of sp³-hybridized carbons (Fsp3) is 0.391. The molecule has 2 aromatic rings. The third kappa shape index (κ3) is 6.23. The minimum absolute atomic E-state index is 0.107. The van der Waals surface area contributed by atoms with Crippen molar-refractivity contribution in [1.29, 1.82) is 0 Å². The van der Waals surface area contributed by atoms with Crippen molar-refractivity contribution in [1.82, 2.24) is 10.2 Å². The van der Waals surface area contributed by atoms with Crippen LogP contribution in [0.4, 0.5) is 0 Å². The van der Waals surface area contributed by atoms with Gasteiger partial charge in [0.1, 0.15) is 12.4 Å². The topological polar surface area (TPSA) is 58.6 Å². The molecular formula is C23H27ClN2O3. The Hall–Kier alpha value is -2.53. The van der Waals surface area contributed by atoms with Gasteiger partial charge in [0, 0.05) is 36.6 Å². The summed E-state index contributed by atoms with van der Waals surface area (Å²) in [6, 6.07) is 14.5. The predicted molar refractivity (Wildman–Crippen MR) is 114 cm³/mol. The van der Waals surface area contributed by atoms with Crippen LogP contribution in [0.2, 0.25) is 5.02 Å². The lowest BCUT2D eigenvalue weighted by atomic mass is 10.2. The van der Waals surface area contributed by atoms with Crippen LogP contribution in [-0.4, -0.2) is 36.3 Å². The molecule has 1 saturated heterocycles. The number of hydrogen-bond donors (Lipinski definition) is 1. The summed E-state index contributed by atoms with van der Waals surface area (Å²) in [7, 11) is 0. The molecule has 1 N–H and O–H groups in total. The van der Waals surface area contributed by atoms with Gasteiger partial charge in [-0.15, -0.1) is 0 Å². The van der Waals surface area contributed by atoms with Crippen LogP contribution in [0.3, 0.4) is 0 Å². The lowest BCUT2D eigenvalue weighted by Gasteiger charge is -2.20. The zero-order valence-corrected chi connectivity index (χ0v) is 17.3. The number of likely N-dealkylation sites (tertiary alicyclic amines) is 1. The molecule has 0 radical (unpaired) electrons. The normalized spacial score (nSPS) is 14.2. The van der Waals surface area contributed by atoms with E-state index in [4.69, 9.17) is 16.3 Å². The fourth-order valence-corrected chi connectivity index (χ4v) is 3.60. The Balaban J connectivity index is 1.53. The molecule has 6 heteroatoms. The third-order valence-electron chi connectivity index (χ3n) is 5.06. The summed E-state index contributed by atoms with van der Waals surface area (Å²) in [6.45, 7) is 2.24. The smallest absolute Gasteiger partial charge is 0.255 e. The number of carbonyl (C=O) groups is 2. The van der Waals surface area contributed by atoms with E-state index in [1.807, 2.05) is 29.2 Å². The zero-order valence-electron chi connectivity index (χ0n) is 16.5. The van der Waals surface area contributed by atoms with Gasteiger partial charge in [0.2, 0.25) is 5.91 Å². The van der Waals surface area contributed by atoms with Crippen LogP contribution in [0.15, 0.2) is 48.5 Å². The first-order valence-electron chi connectivity index (χ1n) is 10.2. The van der Waals surface area contributed by atoms with Gasteiger partial charge in [-0.1, -0.05) is 54.8 Å². The van der Waals surface area contributed by atoms with Crippen LogP contribution in [0.5, 0.6) is 5.75 Å². The Labute approximate surface area is 177 Å². The molecule has 1 fully saturated rings. The molecule has 1 aliphatic heterocycles. The zero-order chi connectivity index (χ0) is 20.5. The lowest BCUT2D eigenvalue weighted by molar-refractivity contribution is -0.131. The van der Waals surface area contributed by atoms with Gasteiger partial charge in [0.25, 0.3) is 5.91 Å². The largest absolute Gasteiger partial charge is 0.488 e. The summed E-state index contributed by atoms with van der Waals surface area (Å²) in [5, 5.41) is 3.47. The monoisotopic (exact) mass is 414 g/mol. The number of benzene rings is 2. The van der Waals surface area contributed by atoms with Gasteiger partial charge in [-0.05, 0) is 31.0 Å². The van der Waals surface area contributed by atoms with Crippen molar-refractivity contribution >= 4 is 23.4 Å². The first-order valence-corrected chi connectivity index (χ1v) is 10.5. The Morgan fingerprint density at radius 3 is 2.41 bits per heavy atom. The number of nitrogens with zero attached hydrogens (tertiary/aromatic N) is 1. The van der Waals surface area contributed by atoms with Gasteiger partial charge >= 0.3 is 0 Å². The Bertz CT molecular complexity index is 832. The van der Waals surface area contributed by atoms with Gasteiger partial charge in [-0.25, -0.2) is 0 Å². The molecule has 0 atom stereocenters. The Morgan fingerprint density at radius 1 is 0.966 bits per heavy atom. The van der Waals surface area contributed by atoms with Crippen molar-refractivity contribution in [2.75, 3.05) is 19.6 Å². The fourth-order valence-electron chi connectivity index (χ4n) is 3.41. The second-order valence-electron chi connectivity index (χ2n) is 7.18. The van der Waals surface area contributed by atoms with Gasteiger partial charge in [0.15, 0.2) is 0 Å². The van der Waals surface area contributed by atoms with E-state index in [1.165, 1.54) is 12.8 Å². The van der Waals surface area contributed by atoms with Gasteiger partial charge in [0.05, 0.1) is 5.56 Å². The van der Waals surface area contributed by atoms with Crippen LogP contribution >= 0.6 is 11.6 Å². The molecular weight excluding hydrogens is 388 g/mol. The highest BCUT2D eigenvalue weighted by Crippen LogP contribution is 2.22. The van der Waals surface area contributed by atoms with Crippen LogP contribution in [0.25, 0.3) is 0 Å². The van der Waals surface area contributed by atoms with Crippen molar-refractivity contribution in [2.45, 2.75) is 38.7 Å². The molecule has 2 amide bonds. The number of ether oxygens (including phenoxy) is 1. The molecule has 0 aromatic heterocycles. The summed E-state index contributed by atoms with van der Waals surface area (Å²) in [5.41, 5.74) is 1.30. The molecule has 2 aromatic carbocycles. The molecule has 0 aliphatic carbocycles. The average Bonchev–Trinajstić information content (AvgIpc) is 3.03. The molecule has 1 heterocycles. The molecule has 3 rings (SSSR count). The maximum Gasteiger partial charge on any atom is 0.255 e. The molecule has 0 spiro atoms. The van der Waals surface area contributed by atoms with Gasteiger partial charge < -0.3 is 15.0 Å². The minimum Gasteiger partial charge on any atom is -0.488 e. The maximum atomic E-state index is 12.6. The highest BCUT2D eigenvalue weighted by atomic mass is 35.5. The van der Waals surface area contributed by atoms with Crippen LogP contribution in [-0.2, 0) is 11.4 Å². The predicted octanol–water partition coefficient (Wildman–Crippen LogP) is 4.44. The number of halogens is 1. The highest BCUT2D eigenvalue weighted by Gasteiger charge is 2.17. The lowest BCUT2D eigenvalue weighted by Crippen LogP contribution is -2.35. The van der Waals surface area contributed by atoms with E-state index in [9.17, 15) is 9.59 Å². The maximum absolute atomic E-state index is 12.6. The molecule has 0 saturated carbocycles. The number of carbonyl (C=O) groups excluding carboxylic acids is 2. The van der Waals surface area contributed by atoms with E-state index in [1.54, 1.807) is 24.3 Å². The number of rotatable bonds is 7. The first-order chi connectivity index (χ1) is 14.1. The minimum atomic E-state index is -0.247. The van der Waals surface area contributed by atoms with E-state index in [-0.39, 0.29) is 18.4 Å². The third-order valence-corrected chi connectivity index (χ3v) is 5.42. The van der Waals surface area contributed by atoms with E-state index in [0.29, 0.717) is 29.3 Å². The molecule has 5 nitrogen and oxygen atoms in total. The Kier molecular flexibility index (Phi) is 7.94. The summed E-state index contributed by atoms with van der Waals surface area (Å²) < 4.78 is 5.84. The summed E-state index contributed by atoms with van der Waals surface area (Å²) in [4.78, 5) is 26.9. The van der Waals surface area contributed by atoms with Crippen molar-refractivity contribution < 1.29 is 14.3 Å². The SMILES string of the molecule is O=C(NCCC(=O)N1CCCCCC1)c1ccccc1OCc1ccccc1Cl. The van der Waals surface area contributed by atoms with Crippen LogP contribution in [0.1, 0.15) is 48.0 Å². The number of hydrogen-bond acceptors (Lipinski definition) is 3. The summed E-state index contributed by atoms with van der Waals surface area (Å²) in [5.74, 6) is 0.350. The average molecular weight is 415 g/mol. The molecule has 29 heavy (non-hydrogen) atoms. The van der Waals surface area contributed by atoms with Crippen LogP contribution < -0.4 is 10.1 Å². The standard InChI is InChI=1S/C23H27ClN2O3/c24-20-11-5-3-9-18(20)17-29-21-12-6-4-10-19(21)23(28)25-14-13-22(27)26-15-7-1-2-8-16-26/h3-6,9-12H,1-2,7-8,13-17H2,(H,25,28). The van der Waals surface area contributed by atoms with Crippen molar-refractivity contribution in [3.8, 4) is 5.75 Å². The van der Waals surface area contributed by atoms with Crippen molar-refractivity contribution in [2.24, 2.45) is 0 Å². The van der Waals surface area contributed by atoms with E-state index in [0.717, 1.165) is 31.5 Å². The van der Waals surface area contributed by atoms with Gasteiger partial charge in [-0.2, -0.15) is 0 Å². The van der Waals surface area contributed by atoms with Crippen molar-refractivity contribution in [3.05, 3.63) is 64.7 Å².